The van der Waals surface area contributed by atoms with Crippen LogP contribution in [0.3, 0.4) is 0 Å². The highest BCUT2D eigenvalue weighted by Gasteiger charge is 2.15. The molecule has 19 heavy (non-hydrogen) atoms. The summed E-state index contributed by atoms with van der Waals surface area (Å²) in [5, 5.41) is 2.76. The van der Waals surface area contributed by atoms with E-state index in [4.69, 9.17) is 21.1 Å². The monoisotopic (exact) mass is 285 g/mol. The lowest BCUT2D eigenvalue weighted by molar-refractivity contribution is -0.121. The normalized spacial score (nSPS) is 11.8. The summed E-state index contributed by atoms with van der Waals surface area (Å²) in [6, 6.07) is 5.62. The molecule has 1 aromatic rings. The van der Waals surface area contributed by atoms with Gasteiger partial charge in [-0.05, 0) is 17.5 Å². The molecule has 1 unspecified atom stereocenters. The van der Waals surface area contributed by atoms with E-state index in [1.54, 1.807) is 14.2 Å². The molecule has 0 heterocycles. The molecule has 0 saturated carbocycles. The number of ether oxygens (including phenoxy) is 2. The van der Waals surface area contributed by atoms with Gasteiger partial charge in [0.05, 0.1) is 14.2 Å². The molecule has 1 rings (SSSR count). The summed E-state index contributed by atoms with van der Waals surface area (Å²) in [5.41, 5.74) is 0.990. The van der Waals surface area contributed by atoms with E-state index < -0.39 is 0 Å². The summed E-state index contributed by atoms with van der Waals surface area (Å²) in [7, 11) is 3.22. The summed E-state index contributed by atoms with van der Waals surface area (Å²) in [4.78, 5) is 11.7. The van der Waals surface area contributed by atoms with Crippen LogP contribution < -0.4 is 14.8 Å². The van der Waals surface area contributed by atoms with Crippen molar-refractivity contribution < 1.29 is 14.3 Å². The largest absolute Gasteiger partial charge is 0.497 e. The van der Waals surface area contributed by atoms with E-state index in [2.05, 4.69) is 5.32 Å². The Morgan fingerprint density at radius 1 is 1.37 bits per heavy atom. The Balaban J connectivity index is 2.75. The second-order valence-corrected chi connectivity index (χ2v) is 4.63. The number of rotatable bonds is 7. The number of nitrogens with one attached hydrogen (secondary N) is 1. The first-order valence-corrected chi connectivity index (χ1v) is 6.70. The Kier molecular flexibility index (Phi) is 6.50. The molecule has 0 aromatic heterocycles. The van der Waals surface area contributed by atoms with Gasteiger partial charge in [0.15, 0.2) is 0 Å². The van der Waals surface area contributed by atoms with Gasteiger partial charge in [0, 0.05) is 24.9 Å². The smallest absolute Gasteiger partial charge is 0.220 e. The van der Waals surface area contributed by atoms with E-state index >= 15 is 0 Å². The number of benzene rings is 1. The lowest BCUT2D eigenvalue weighted by atomic mass is 9.96. The first kappa shape index (κ1) is 15.6. The van der Waals surface area contributed by atoms with Crippen LogP contribution in [0.2, 0.25) is 0 Å². The number of methoxy groups -OCH3 is 2. The minimum Gasteiger partial charge on any atom is -0.497 e. The molecule has 0 spiro atoms. The molecule has 0 aliphatic carbocycles. The summed E-state index contributed by atoms with van der Waals surface area (Å²) in [6.45, 7) is 2.48. The molecule has 1 amide bonds. The summed E-state index contributed by atoms with van der Waals surface area (Å²) in [5.74, 6) is 1.95. The maximum Gasteiger partial charge on any atom is 0.220 e. The van der Waals surface area contributed by atoms with Gasteiger partial charge < -0.3 is 14.8 Å². The van der Waals surface area contributed by atoms with Gasteiger partial charge in [-0.25, -0.2) is 0 Å². The van der Waals surface area contributed by atoms with Gasteiger partial charge in [-0.2, -0.15) is 0 Å². The van der Waals surface area contributed by atoms with Crippen molar-refractivity contribution in [2.45, 2.75) is 19.3 Å². The highest BCUT2D eigenvalue weighted by atomic mass is 35.5. The van der Waals surface area contributed by atoms with Gasteiger partial charge >= 0.3 is 0 Å². The molecule has 0 aliphatic rings. The zero-order valence-corrected chi connectivity index (χ0v) is 12.3. The molecule has 1 N–H and O–H groups in total. The molecular formula is C14H20ClNO3. The van der Waals surface area contributed by atoms with E-state index in [-0.39, 0.29) is 11.8 Å². The third kappa shape index (κ3) is 4.63. The highest BCUT2D eigenvalue weighted by molar-refractivity contribution is 6.18. The van der Waals surface area contributed by atoms with Crippen LogP contribution >= 0.6 is 11.6 Å². The molecule has 5 heteroatoms. The topological polar surface area (TPSA) is 47.6 Å². The number of hydrogen-bond donors (Lipinski definition) is 1. The molecule has 0 fully saturated rings. The van der Waals surface area contributed by atoms with Crippen molar-refractivity contribution in [1.82, 2.24) is 5.32 Å². The maximum atomic E-state index is 11.7. The lowest BCUT2D eigenvalue weighted by Gasteiger charge is -2.16. The van der Waals surface area contributed by atoms with Crippen LogP contribution in [0.1, 0.15) is 24.8 Å². The second kappa shape index (κ2) is 7.89. The second-order valence-electron chi connectivity index (χ2n) is 4.25. The Morgan fingerprint density at radius 3 is 2.68 bits per heavy atom. The number of hydrogen-bond acceptors (Lipinski definition) is 3. The van der Waals surface area contributed by atoms with Crippen molar-refractivity contribution >= 4 is 17.5 Å². The number of carbonyl (C=O) groups excluding carboxylic acids is 1. The van der Waals surface area contributed by atoms with Gasteiger partial charge in [-0.15, -0.1) is 11.6 Å². The van der Waals surface area contributed by atoms with E-state index in [1.807, 2.05) is 25.1 Å². The fourth-order valence-electron chi connectivity index (χ4n) is 1.87. The Hall–Kier alpha value is -1.42. The third-order valence-corrected chi connectivity index (χ3v) is 3.07. The zero-order chi connectivity index (χ0) is 14.3. The van der Waals surface area contributed by atoms with Crippen LogP contribution in [-0.2, 0) is 4.79 Å². The predicted octanol–water partition coefficient (Wildman–Crippen LogP) is 2.55. The minimum absolute atomic E-state index is 0.00831. The van der Waals surface area contributed by atoms with Crippen molar-refractivity contribution in [1.29, 1.82) is 0 Å². The standard InChI is InChI=1S/C14H20ClNO3/c1-10(8-14(17)16-7-6-15)12-5-4-11(18-2)9-13(12)19-3/h4-5,9-10H,6-8H2,1-3H3,(H,16,17). The van der Waals surface area contributed by atoms with Crippen molar-refractivity contribution in [2.24, 2.45) is 0 Å². The average molecular weight is 286 g/mol. The van der Waals surface area contributed by atoms with Crippen LogP contribution in [-0.4, -0.2) is 32.6 Å². The van der Waals surface area contributed by atoms with Gasteiger partial charge in [-0.1, -0.05) is 13.0 Å². The SMILES string of the molecule is COc1ccc(C(C)CC(=O)NCCCl)c(OC)c1. The summed E-state index contributed by atoms with van der Waals surface area (Å²) < 4.78 is 10.5. The third-order valence-electron chi connectivity index (χ3n) is 2.88. The quantitative estimate of drug-likeness (QED) is 0.783. The average Bonchev–Trinajstić information content (AvgIpc) is 2.44. The molecule has 0 radical (unpaired) electrons. The van der Waals surface area contributed by atoms with Gasteiger partial charge in [0.2, 0.25) is 5.91 Å². The fourth-order valence-corrected chi connectivity index (χ4v) is 1.97. The molecule has 106 valence electrons. The zero-order valence-electron chi connectivity index (χ0n) is 11.5. The van der Waals surface area contributed by atoms with E-state index in [1.165, 1.54) is 0 Å². The van der Waals surface area contributed by atoms with Gasteiger partial charge in [0.25, 0.3) is 0 Å². The molecule has 0 aliphatic heterocycles. The first-order valence-electron chi connectivity index (χ1n) is 6.17. The Morgan fingerprint density at radius 2 is 2.11 bits per heavy atom. The maximum absolute atomic E-state index is 11.7. The molecule has 1 atom stereocenters. The first-order chi connectivity index (χ1) is 9.12. The van der Waals surface area contributed by atoms with Gasteiger partial charge in [-0.3, -0.25) is 4.79 Å². The van der Waals surface area contributed by atoms with Crippen molar-refractivity contribution in [3.05, 3.63) is 23.8 Å². The van der Waals surface area contributed by atoms with Crippen LogP contribution in [0.4, 0.5) is 0 Å². The fraction of sp³-hybridized carbons (Fsp3) is 0.500. The van der Waals surface area contributed by atoms with Crippen LogP contribution in [0.15, 0.2) is 18.2 Å². The molecular weight excluding hydrogens is 266 g/mol. The van der Waals surface area contributed by atoms with Crippen LogP contribution in [0, 0.1) is 0 Å². The van der Waals surface area contributed by atoms with Crippen molar-refractivity contribution in [3.63, 3.8) is 0 Å². The Bertz CT molecular complexity index is 423. The Labute approximate surface area is 119 Å². The lowest BCUT2D eigenvalue weighted by Crippen LogP contribution is -2.26. The molecule has 1 aromatic carbocycles. The summed E-state index contributed by atoms with van der Waals surface area (Å²) in [6.07, 6.45) is 0.402. The number of halogens is 1. The molecule has 0 bridgehead atoms. The number of carbonyl (C=O) groups is 1. The van der Waals surface area contributed by atoms with Crippen LogP contribution in [0.25, 0.3) is 0 Å². The van der Waals surface area contributed by atoms with Gasteiger partial charge in [0.1, 0.15) is 11.5 Å². The van der Waals surface area contributed by atoms with E-state index in [9.17, 15) is 4.79 Å². The minimum atomic E-state index is -0.00831. The highest BCUT2D eigenvalue weighted by Crippen LogP contribution is 2.31. The summed E-state index contributed by atoms with van der Waals surface area (Å²) >= 11 is 5.53. The molecule has 0 saturated heterocycles. The predicted molar refractivity (Wildman–Crippen MR) is 76.3 cm³/mol. The number of alkyl halides is 1. The molecule has 4 nitrogen and oxygen atoms in total. The van der Waals surface area contributed by atoms with Crippen molar-refractivity contribution in [2.75, 3.05) is 26.6 Å². The number of amides is 1. The van der Waals surface area contributed by atoms with E-state index in [0.29, 0.717) is 18.8 Å². The van der Waals surface area contributed by atoms with E-state index in [0.717, 1.165) is 17.1 Å². The van der Waals surface area contributed by atoms with Crippen LogP contribution in [0.5, 0.6) is 11.5 Å². The van der Waals surface area contributed by atoms with Crippen molar-refractivity contribution in [3.8, 4) is 11.5 Å².